The summed E-state index contributed by atoms with van der Waals surface area (Å²) in [4.78, 5) is 37.0. The number of nitrogens with zero attached hydrogens (tertiary/aromatic N) is 1. The van der Waals surface area contributed by atoms with Gasteiger partial charge in [0.15, 0.2) is 0 Å². The smallest absolute Gasteiger partial charge is 0.327 e. The summed E-state index contributed by atoms with van der Waals surface area (Å²) in [6.07, 6.45) is 0.564. The molecule has 0 aliphatic carbocycles. The highest BCUT2D eigenvalue weighted by molar-refractivity contribution is 9.10. The fourth-order valence-electron chi connectivity index (χ4n) is 2.32. The minimum atomic E-state index is -1.16. The Kier molecular flexibility index (Phi) is 3.94. The molecule has 0 bridgehead atoms. The molecular weight excluding hydrogens is 326 g/mol. The van der Waals surface area contributed by atoms with Gasteiger partial charge in [-0.05, 0) is 24.1 Å². The average Bonchev–Trinajstić information content (AvgIpc) is 2.63. The molecule has 0 aromatic heterocycles. The molecule has 1 aromatic carbocycles. The van der Waals surface area contributed by atoms with Crippen LogP contribution in [0.3, 0.4) is 0 Å². The Balaban J connectivity index is 2.48. The van der Waals surface area contributed by atoms with Crippen molar-refractivity contribution in [3.05, 3.63) is 33.8 Å². The molecule has 1 heterocycles. The molecule has 0 radical (unpaired) electrons. The highest BCUT2D eigenvalue weighted by Gasteiger charge is 2.44. The Morgan fingerprint density at radius 3 is 2.45 bits per heavy atom. The second-order valence-electron chi connectivity index (χ2n) is 4.84. The zero-order valence-corrected chi connectivity index (χ0v) is 12.7. The maximum absolute atomic E-state index is 12.3. The highest BCUT2D eigenvalue weighted by Crippen LogP contribution is 2.30. The van der Waals surface area contributed by atoms with Gasteiger partial charge in [0.1, 0.15) is 6.04 Å². The number of amides is 2. The van der Waals surface area contributed by atoms with Crippen LogP contribution in [0, 0.1) is 5.92 Å². The van der Waals surface area contributed by atoms with E-state index in [1.807, 2.05) is 6.92 Å². The lowest BCUT2D eigenvalue weighted by Crippen LogP contribution is -2.48. The zero-order chi connectivity index (χ0) is 15.0. The lowest BCUT2D eigenvalue weighted by atomic mass is 9.98. The van der Waals surface area contributed by atoms with Gasteiger partial charge in [-0.3, -0.25) is 14.5 Å². The van der Waals surface area contributed by atoms with Crippen LogP contribution in [0.15, 0.2) is 22.7 Å². The van der Waals surface area contributed by atoms with Crippen LogP contribution in [0.4, 0.5) is 0 Å². The van der Waals surface area contributed by atoms with E-state index in [9.17, 15) is 19.5 Å². The van der Waals surface area contributed by atoms with E-state index in [1.165, 1.54) is 6.07 Å². The maximum atomic E-state index is 12.3. The van der Waals surface area contributed by atoms with Crippen molar-refractivity contribution < 1.29 is 19.5 Å². The average molecular weight is 340 g/mol. The van der Waals surface area contributed by atoms with E-state index in [1.54, 1.807) is 19.1 Å². The summed E-state index contributed by atoms with van der Waals surface area (Å²) in [5, 5.41) is 9.35. The number of carboxylic acid groups (broad SMARTS) is 1. The number of hydrogen-bond donors (Lipinski definition) is 1. The van der Waals surface area contributed by atoms with Gasteiger partial charge in [-0.25, -0.2) is 4.79 Å². The molecule has 2 amide bonds. The first-order valence-corrected chi connectivity index (χ1v) is 7.08. The lowest BCUT2D eigenvalue weighted by Gasteiger charge is -2.27. The number of benzene rings is 1. The summed E-state index contributed by atoms with van der Waals surface area (Å²) < 4.78 is 0.676. The van der Waals surface area contributed by atoms with Crippen molar-refractivity contribution in [2.45, 2.75) is 26.3 Å². The molecule has 0 fully saturated rings. The molecule has 2 rings (SSSR count). The van der Waals surface area contributed by atoms with Crippen LogP contribution in [0.2, 0.25) is 0 Å². The molecule has 5 nitrogen and oxygen atoms in total. The third-order valence-corrected chi connectivity index (χ3v) is 4.09. The first-order valence-electron chi connectivity index (χ1n) is 6.28. The molecule has 0 saturated heterocycles. The molecule has 0 saturated carbocycles. The Bertz CT molecular complexity index is 599. The monoisotopic (exact) mass is 339 g/mol. The summed E-state index contributed by atoms with van der Waals surface area (Å²) in [6.45, 7) is 3.55. The molecule has 20 heavy (non-hydrogen) atoms. The molecule has 1 aromatic rings. The van der Waals surface area contributed by atoms with Gasteiger partial charge < -0.3 is 5.11 Å². The quantitative estimate of drug-likeness (QED) is 0.855. The van der Waals surface area contributed by atoms with E-state index in [0.717, 1.165) is 4.90 Å². The zero-order valence-electron chi connectivity index (χ0n) is 11.1. The fraction of sp³-hybridized carbons (Fsp3) is 0.357. The molecule has 1 aliphatic heterocycles. The van der Waals surface area contributed by atoms with Crippen molar-refractivity contribution in [1.82, 2.24) is 4.90 Å². The van der Waals surface area contributed by atoms with Crippen molar-refractivity contribution in [2.75, 3.05) is 0 Å². The highest BCUT2D eigenvalue weighted by atomic mass is 79.9. The van der Waals surface area contributed by atoms with Crippen LogP contribution in [0.25, 0.3) is 0 Å². The van der Waals surface area contributed by atoms with Crippen LogP contribution in [-0.4, -0.2) is 33.8 Å². The SMILES string of the molecule is CCC(C)C(C(=O)O)N1C(=O)c2ccc(Br)cc2C1=O. The molecule has 1 aliphatic rings. The molecule has 2 atom stereocenters. The Morgan fingerprint density at radius 1 is 1.30 bits per heavy atom. The fourth-order valence-corrected chi connectivity index (χ4v) is 2.68. The second kappa shape index (κ2) is 5.36. The molecule has 6 heteroatoms. The number of imide groups is 1. The van der Waals surface area contributed by atoms with E-state index in [4.69, 9.17) is 0 Å². The molecule has 2 unspecified atom stereocenters. The van der Waals surface area contributed by atoms with Crippen LogP contribution in [0.1, 0.15) is 41.0 Å². The number of fused-ring (bicyclic) bond motifs is 1. The largest absolute Gasteiger partial charge is 0.480 e. The number of hydrogen-bond acceptors (Lipinski definition) is 3. The Morgan fingerprint density at radius 2 is 1.90 bits per heavy atom. The van der Waals surface area contributed by atoms with Crippen LogP contribution >= 0.6 is 15.9 Å². The summed E-state index contributed by atoms with van der Waals surface area (Å²) in [7, 11) is 0. The first-order chi connectivity index (χ1) is 9.38. The van der Waals surface area contributed by atoms with Gasteiger partial charge in [0, 0.05) is 4.47 Å². The minimum Gasteiger partial charge on any atom is -0.480 e. The standard InChI is InChI=1S/C14H14BrNO4/c1-3-7(2)11(14(19)20)16-12(17)9-5-4-8(15)6-10(9)13(16)18/h4-7,11H,3H2,1-2H3,(H,19,20). The number of aliphatic carboxylic acids is 1. The Hall–Kier alpha value is -1.69. The van der Waals surface area contributed by atoms with Gasteiger partial charge in [0.2, 0.25) is 0 Å². The summed E-state index contributed by atoms with van der Waals surface area (Å²) >= 11 is 3.24. The third-order valence-electron chi connectivity index (χ3n) is 3.59. The third kappa shape index (κ3) is 2.24. The molecule has 0 spiro atoms. The van der Waals surface area contributed by atoms with E-state index in [2.05, 4.69) is 15.9 Å². The van der Waals surface area contributed by atoms with Crippen LogP contribution < -0.4 is 0 Å². The minimum absolute atomic E-state index is 0.249. The number of carbonyl (C=O) groups excluding carboxylic acids is 2. The lowest BCUT2D eigenvalue weighted by molar-refractivity contribution is -0.143. The second-order valence-corrected chi connectivity index (χ2v) is 5.75. The van der Waals surface area contributed by atoms with E-state index >= 15 is 0 Å². The van der Waals surface area contributed by atoms with E-state index in [0.29, 0.717) is 10.9 Å². The predicted molar refractivity (Wildman–Crippen MR) is 75.5 cm³/mol. The summed E-state index contributed by atoms with van der Waals surface area (Å²) in [5.41, 5.74) is 0.506. The van der Waals surface area contributed by atoms with Gasteiger partial charge >= 0.3 is 5.97 Å². The van der Waals surface area contributed by atoms with Gasteiger partial charge in [-0.15, -0.1) is 0 Å². The predicted octanol–water partition coefficient (Wildman–Crippen LogP) is 2.54. The van der Waals surface area contributed by atoms with Crippen molar-refractivity contribution in [2.24, 2.45) is 5.92 Å². The summed E-state index contributed by atoms with van der Waals surface area (Å²) in [5.74, 6) is -2.55. The van der Waals surface area contributed by atoms with Gasteiger partial charge in [0.25, 0.3) is 11.8 Å². The number of carboxylic acids is 1. The van der Waals surface area contributed by atoms with Crippen molar-refractivity contribution >= 4 is 33.7 Å². The summed E-state index contributed by atoms with van der Waals surface area (Å²) in [6, 6.07) is 3.61. The van der Waals surface area contributed by atoms with Gasteiger partial charge in [-0.2, -0.15) is 0 Å². The Labute approximate surface area is 124 Å². The maximum Gasteiger partial charge on any atom is 0.327 e. The topological polar surface area (TPSA) is 74.7 Å². The number of carbonyl (C=O) groups is 3. The van der Waals surface area contributed by atoms with Crippen molar-refractivity contribution in [3.8, 4) is 0 Å². The first kappa shape index (κ1) is 14.7. The molecular formula is C14H14BrNO4. The van der Waals surface area contributed by atoms with Crippen molar-refractivity contribution in [3.63, 3.8) is 0 Å². The molecule has 1 N–H and O–H groups in total. The van der Waals surface area contributed by atoms with Crippen LogP contribution in [-0.2, 0) is 4.79 Å². The van der Waals surface area contributed by atoms with E-state index < -0.39 is 23.8 Å². The van der Waals surface area contributed by atoms with E-state index in [-0.39, 0.29) is 17.0 Å². The van der Waals surface area contributed by atoms with Crippen LogP contribution in [0.5, 0.6) is 0 Å². The van der Waals surface area contributed by atoms with Crippen molar-refractivity contribution in [1.29, 1.82) is 0 Å². The molecule has 106 valence electrons. The van der Waals surface area contributed by atoms with Gasteiger partial charge in [-0.1, -0.05) is 36.2 Å². The normalized spacial score (nSPS) is 17.1. The number of halogens is 1. The number of rotatable bonds is 4. The van der Waals surface area contributed by atoms with Gasteiger partial charge in [0.05, 0.1) is 11.1 Å².